The monoisotopic (exact) mass is 243 g/mol. The van der Waals surface area contributed by atoms with Gasteiger partial charge >= 0.3 is 0 Å². The molecule has 94 valence electrons. The molecular weight excluding hydrogens is 226 g/mol. The Balaban J connectivity index is 1.91. The van der Waals surface area contributed by atoms with Gasteiger partial charge in [0.15, 0.2) is 0 Å². The molecule has 0 aromatic heterocycles. The lowest BCUT2D eigenvalue weighted by Crippen LogP contribution is -2.25. The maximum atomic E-state index is 11.7. The van der Waals surface area contributed by atoms with Crippen LogP contribution in [-0.4, -0.2) is 37.1 Å². The molecule has 0 N–H and O–H groups in total. The fourth-order valence-electron chi connectivity index (χ4n) is 1.73. The van der Waals surface area contributed by atoms with Gasteiger partial charge in [-0.3, -0.25) is 4.79 Å². The van der Waals surface area contributed by atoms with Gasteiger partial charge < -0.3 is 9.64 Å². The number of amides is 1. The maximum Gasteiger partial charge on any atom is 0.251 e. The molecule has 1 aromatic carbocycles. The quantitative estimate of drug-likeness (QED) is 0.599. The topological polar surface area (TPSA) is 32.8 Å². The summed E-state index contributed by atoms with van der Waals surface area (Å²) in [6, 6.07) is 9.99. The molecule has 1 aromatic rings. The van der Waals surface area contributed by atoms with Crippen LogP contribution in [0.3, 0.4) is 0 Å². The van der Waals surface area contributed by atoms with E-state index in [1.54, 1.807) is 14.1 Å². The molecule has 0 aliphatic carbocycles. The van der Waals surface area contributed by atoms with Gasteiger partial charge in [0.25, 0.3) is 5.91 Å². The average Bonchev–Trinajstić information content (AvgIpc) is 3.15. The first-order valence-corrected chi connectivity index (χ1v) is 5.89. The van der Waals surface area contributed by atoms with E-state index in [0.29, 0.717) is 5.57 Å². The Morgan fingerprint density at radius 2 is 2.00 bits per heavy atom. The SMILES string of the molecule is C=C(C(=O)N(C)C)[C@H]1O[C@@H]1/C=C/c1ccccc1. The van der Waals surface area contributed by atoms with Crippen molar-refractivity contribution >= 4 is 12.0 Å². The number of hydrogen-bond acceptors (Lipinski definition) is 2. The number of carbonyl (C=O) groups excluding carboxylic acids is 1. The van der Waals surface area contributed by atoms with Crippen molar-refractivity contribution in [3.05, 3.63) is 54.1 Å². The van der Waals surface area contributed by atoms with Crippen LogP contribution in [0.15, 0.2) is 48.6 Å². The highest BCUT2D eigenvalue weighted by atomic mass is 16.6. The van der Waals surface area contributed by atoms with Gasteiger partial charge in [-0.25, -0.2) is 0 Å². The second-order valence-electron chi connectivity index (χ2n) is 4.52. The molecule has 3 nitrogen and oxygen atoms in total. The molecule has 1 saturated heterocycles. The Hall–Kier alpha value is -1.87. The summed E-state index contributed by atoms with van der Waals surface area (Å²) >= 11 is 0. The van der Waals surface area contributed by atoms with Gasteiger partial charge in [-0.1, -0.05) is 49.1 Å². The van der Waals surface area contributed by atoms with Crippen molar-refractivity contribution in [2.24, 2.45) is 0 Å². The van der Waals surface area contributed by atoms with Gasteiger partial charge in [0.2, 0.25) is 0 Å². The molecule has 3 heteroatoms. The summed E-state index contributed by atoms with van der Waals surface area (Å²) in [5.41, 5.74) is 1.64. The molecule has 1 amide bonds. The van der Waals surface area contributed by atoms with Crippen LogP contribution in [0.25, 0.3) is 6.08 Å². The normalized spacial score (nSPS) is 21.9. The Labute approximate surface area is 107 Å². The van der Waals surface area contributed by atoms with Crippen LogP contribution in [0, 0.1) is 0 Å². The molecule has 0 saturated carbocycles. The number of benzene rings is 1. The van der Waals surface area contributed by atoms with E-state index in [4.69, 9.17) is 4.74 Å². The van der Waals surface area contributed by atoms with E-state index in [0.717, 1.165) is 5.56 Å². The summed E-state index contributed by atoms with van der Waals surface area (Å²) in [4.78, 5) is 13.2. The van der Waals surface area contributed by atoms with Crippen molar-refractivity contribution in [2.45, 2.75) is 12.2 Å². The lowest BCUT2D eigenvalue weighted by atomic mass is 10.1. The molecule has 0 spiro atoms. The fraction of sp³-hybridized carbons (Fsp3) is 0.267. The Kier molecular flexibility index (Phi) is 3.63. The molecule has 1 aliphatic rings. The van der Waals surface area contributed by atoms with E-state index in [-0.39, 0.29) is 18.1 Å². The van der Waals surface area contributed by atoms with Gasteiger partial charge in [0.1, 0.15) is 12.2 Å². The third-order valence-corrected chi connectivity index (χ3v) is 2.83. The number of hydrogen-bond donors (Lipinski definition) is 0. The Morgan fingerprint density at radius 3 is 2.61 bits per heavy atom. The van der Waals surface area contributed by atoms with Crippen molar-refractivity contribution in [1.29, 1.82) is 0 Å². The summed E-state index contributed by atoms with van der Waals surface area (Å²) in [6.07, 6.45) is 3.77. The number of ether oxygens (including phenoxy) is 1. The van der Waals surface area contributed by atoms with Crippen molar-refractivity contribution in [3.8, 4) is 0 Å². The zero-order valence-corrected chi connectivity index (χ0v) is 10.7. The third kappa shape index (κ3) is 2.87. The van der Waals surface area contributed by atoms with Gasteiger partial charge in [0, 0.05) is 19.7 Å². The zero-order valence-electron chi connectivity index (χ0n) is 10.7. The van der Waals surface area contributed by atoms with Gasteiger partial charge in [-0.15, -0.1) is 0 Å². The summed E-state index contributed by atoms with van der Waals surface area (Å²) in [5.74, 6) is -0.0735. The molecule has 1 fully saturated rings. The van der Waals surface area contributed by atoms with Crippen LogP contribution >= 0.6 is 0 Å². The average molecular weight is 243 g/mol. The summed E-state index contributed by atoms with van der Waals surface area (Å²) < 4.78 is 5.44. The van der Waals surface area contributed by atoms with Crippen LogP contribution in [0.1, 0.15) is 5.56 Å². The first kappa shape index (κ1) is 12.6. The van der Waals surface area contributed by atoms with Gasteiger partial charge in [0.05, 0.1) is 0 Å². The van der Waals surface area contributed by atoms with Crippen LogP contribution in [0.5, 0.6) is 0 Å². The number of carbonyl (C=O) groups is 1. The smallest absolute Gasteiger partial charge is 0.251 e. The Morgan fingerprint density at radius 1 is 1.33 bits per heavy atom. The molecule has 18 heavy (non-hydrogen) atoms. The van der Waals surface area contributed by atoms with E-state index >= 15 is 0 Å². The Bertz CT molecular complexity index is 477. The molecule has 1 heterocycles. The van der Waals surface area contributed by atoms with Crippen LogP contribution in [0.4, 0.5) is 0 Å². The molecule has 0 unspecified atom stereocenters. The highest BCUT2D eigenvalue weighted by Gasteiger charge is 2.41. The highest BCUT2D eigenvalue weighted by molar-refractivity contribution is 5.94. The number of rotatable bonds is 4. The first-order chi connectivity index (χ1) is 8.59. The lowest BCUT2D eigenvalue weighted by molar-refractivity contribution is -0.124. The van der Waals surface area contributed by atoms with E-state index < -0.39 is 0 Å². The van der Waals surface area contributed by atoms with Gasteiger partial charge in [-0.05, 0) is 5.56 Å². The largest absolute Gasteiger partial charge is 0.360 e. The standard InChI is InChI=1S/C15H17NO2/c1-11(15(17)16(2)3)14-13(18-14)10-9-12-7-5-4-6-8-12/h4-10,13-14H,1H2,2-3H3/b10-9+/t13-,14-/m1/s1. The number of likely N-dealkylation sites (N-methyl/N-ethyl adjacent to an activating group) is 1. The van der Waals surface area contributed by atoms with E-state index in [1.807, 2.05) is 42.5 Å². The predicted molar refractivity (Wildman–Crippen MR) is 72.0 cm³/mol. The molecule has 0 bridgehead atoms. The second-order valence-corrected chi connectivity index (χ2v) is 4.52. The predicted octanol–water partition coefficient (Wildman–Crippen LogP) is 2.11. The second kappa shape index (κ2) is 5.19. The minimum Gasteiger partial charge on any atom is -0.360 e. The highest BCUT2D eigenvalue weighted by Crippen LogP contribution is 2.30. The van der Waals surface area contributed by atoms with E-state index in [9.17, 15) is 4.79 Å². The molecule has 2 atom stereocenters. The van der Waals surface area contributed by atoms with Crippen LogP contribution in [-0.2, 0) is 9.53 Å². The molecule has 0 radical (unpaired) electrons. The van der Waals surface area contributed by atoms with Crippen LogP contribution in [0.2, 0.25) is 0 Å². The molecule has 2 rings (SSSR count). The number of nitrogens with zero attached hydrogens (tertiary/aromatic N) is 1. The summed E-state index contributed by atoms with van der Waals surface area (Å²) in [6.45, 7) is 3.79. The molecule has 1 aliphatic heterocycles. The van der Waals surface area contributed by atoms with E-state index in [2.05, 4.69) is 6.58 Å². The lowest BCUT2D eigenvalue weighted by Gasteiger charge is -2.10. The minimum atomic E-state index is -0.167. The zero-order chi connectivity index (χ0) is 13.1. The first-order valence-electron chi connectivity index (χ1n) is 5.89. The number of epoxide rings is 1. The molecular formula is C15H17NO2. The minimum absolute atomic E-state index is 0.0263. The van der Waals surface area contributed by atoms with Crippen molar-refractivity contribution in [3.63, 3.8) is 0 Å². The van der Waals surface area contributed by atoms with Crippen molar-refractivity contribution in [1.82, 2.24) is 4.90 Å². The van der Waals surface area contributed by atoms with E-state index in [1.165, 1.54) is 4.90 Å². The van der Waals surface area contributed by atoms with Gasteiger partial charge in [-0.2, -0.15) is 0 Å². The third-order valence-electron chi connectivity index (χ3n) is 2.83. The van der Waals surface area contributed by atoms with Crippen LogP contribution < -0.4 is 0 Å². The maximum absolute atomic E-state index is 11.7. The summed E-state index contributed by atoms with van der Waals surface area (Å²) in [5, 5.41) is 0. The van der Waals surface area contributed by atoms with Crippen molar-refractivity contribution in [2.75, 3.05) is 14.1 Å². The fourth-order valence-corrected chi connectivity index (χ4v) is 1.73. The summed E-state index contributed by atoms with van der Waals surface area (Å²) in [7, 11) is 3.43. The van der Waals surface area contributed by atoms with Crippen molar-refractivity contribution < 1.29 is 9.53 Å².